The Balaban J connectivity index is 1.69. The highest BCUT2D eigenvalue weighted by Gasteiger charge is 2.35. The van der Waals surface area contributed by atoms with Crippen LogP contribution in [0.5, 0.6) is 0 Å². The number of aromatic nitrogens is 2. The van der Waals surface area contributed by atoms with E-state index in [1.165, 1.54) is 12.1 Å². The first-order valence-electron chi connectivity index (χ1n) is 9.32. The summed E-state index contributed by atoms with van der Waals surface area (Å²) >= 11 is 12.3. The number of nitrogens with zero attached hydrogens (tertiary/aromatic N) is 2. The van der Waals surface area contributed by atoms with Crippen molar-refractivity contribution in [3.8, 4) is 16.9 Å². The third kappa shape index (κ3) is 4.49. The molecule has 0 aliphatic carbocycles. The fourth-order valence-electron chi connectivity index (χ4n) is 3.08. The van der Waals surface area contributed by atoms with E-state index in [0.29, 0.717) is 27.5 Å². The number of carbonyl (C=O) groups is 1. The average Bonchev–Trinajstić information content (AvgIpc) is 3.21. The van der Waals surface area contributed by atoms with Crippen LogP contribution >= 0.6 is 23.2 Å². The Kier molecular flexibility index (Phi) is 5.95. The monoisotopic (exact) mass is 475 g/mol. The first-order valence-corrected chi connectivity index (χ1v) is 10.1. The number of hydrogen-bond acceptors (Lipinski definition) is 2. The number of benzene rings is 3. The SMILES string of the molecule is O=C(Nc1ccccc1Cl)c1ccc(-c2cc(C(F)(F)F)nn2-c2ccccc2Cl)cc1. The van der Waals surface area contributed by atoms with Crippen molar-refractivity contribution in [2.45, 2.75) is 6.18 Å². The molecule has 0 aliphatic heterocycles. The number of alkyl halides is 3. The molecule has 1 aromatic heterocycles. The van der Waals surface area contributed by atoms with Gasteiger partial charge in [-0.15, -0.1) is 0 Å². The van der Waals surface area contributed by atoms with Crippen molar-refractivity contribution in [2.24, 2.45) is 0 Å². The molecule has 0 unspecified atom stereocenters. The van der Waals surface area contributed by atoms with E-state index in [9.17, 15) is 18.0 Å². The number of anilines is 1. The number of hydrogen-bond donors (Lipinski definition) is 1. The van der Waals surface area contributed by atoms with Crippen LogP contribution in [0.4, 0.5) is 18.9 Å². The molecule has 4 nitrogen and oxygen atoms in total. The number of halogens is 5. The quantitative estimate of drug-likeness (QED) is 0.341. The van der Waals surface area contributed by atoms with Crippen molar-refractivity contribution >= 4 is 34.8 Å². The molecule has 32 heavy (non-hydrogen) atoms. The Morgan fingerprint density at radius 1 is 0.875 bits per heavy atom. The molecule has 1 heterocycles. The standard InChI is InChI=1S/C23H14Cl2F3N3O/c24-16-5-1-3-7-18(16)29-22(32)15-11-9-14(10-12-15)20-13-21(23(26,27)28)30-31(20)19-8-4-2-6-17(19)25/h1-13H,(H,29,32). The second-order valence-corrected chi connectivity index (χ2v) is 7.60. The van der Waals surface area contributed by atoms with Crippen LogP contribution in [0.3, 0.4) is 0 Å². The lowest BCUT2D eigenvalue weighted by molar-refractivity contribution is -0.141. The molecule has 4 rings (SSSR count). The van der Waals surface area contributed by atoms with Crippen molar-refractivity contribution < 1.29 is 18.0 Å². The number of para-hydroxylation sites is 2. The van der Waals surface area contributed by atoms with E-state index in [2.05, 4.69) is 10.4 Å². The Morgan fingerprint density at radius 3 is 2.12 bits per heavy atom. The van der Waals surface area contributed by atoms with E-state index in [1.807, 2.05) is 0 Å². The van der Waals surface area contributed by atoms with Gasteiger partial charge in [-0.25, -0.2) is 4.68 Å². The zero-order valence-electron chi connectivity index (χ0n) is 16.2. The van der Waals surface area contributed by atoms with Gasteiger partial charge >= 0.3 is 6.18 Å². The third-order valence-corrected chi connectivity index (χ3v) is 5.29. The molecule has 1 N–H and O–H groups in total. The number of carbonyl (C=O) groups excluding carboxylic acids is 1. The minimum Gasteiger partial charge on any atom is -0.321 e. The lowest BCUT2D eigenvalue weighted by Gasteiger charge is -2.10. The molecule has 0 aliphatic rings. The third-order valence-electron chi connectivity index (χ3n) is 4.65. The number of nitrogens with one attached hydrogen (secondary N) is 1. The van der Waals surface area contributed by atoms with Crippen molar-refractivity contribution in [1.82, 2.24) is 9.78 Å². The largest absolute Gasteiger partial charge is 0.435 e. The summed E-state index contributed by atoms with van der Waals surface area (Å²) in [4.78, 5) is 12.5. The van der Waals surface area contributed by atoms with Gasteiger partial charge in [0.05, 0.1) is 27.1 Å². The average molecular weight is 476 g/mol. The van der Waals surface area contributed by atoms with Crippen molar-refractivity contribution in [1.29, 1.82) is 0 Å². The minimum atomic E-state index is -4.63. The topological polar surface area (TPSA) is 46.9 Å². The zero-order chi connectivity index (χ0) is 22.9. The van der Waals surface area contributed by atoms with Gasteiger partial charge in [0.15, 0.2) is 5.69 Å². The van der Waals surface area contributed by atoms with Gasteiger partial charge in [-0.3, -0.25) is 4.79 Å². The Labute approximate surface area is 191 Å². The van der Waals surface area contributed by atoms with Gasteiger partial charge in [-0.1, -0.05) is 59.6 Å². The fourth-order valence-corrected chi connectivity index (χ4v) is 3.48. The molecule has 4 aromatic rings. The van der Waals surface area contributed by atoms with Crippen LogP contribution in [0.25, 0.3) is 16.9 Å². The Hall–Kier alpha value is -3.29. The summed E-state index contributed by atoms with van der Waals surface area (Å²) < 4.78 is 41.2. The number of rotatable bonds is 4. The van der Waals surface area contributed by atoms with Crippen LogP contribution in [0.1, 0.15) is 16.1 Å². The first-order chi connectivity index (χ1) is 15.2. The van der Waals surface area contributed by atoms with E-state index in [1.54, 1.807) is 60.7 Å². The molecule has 0 spiro atoms. The van der Waals surface area contributed by atoms with Crippen molar-refractivity contribution in [3.63, 3.8) is 0 Å². The van der Waals surface area contributed by atoms with Gasteiger partial charge in [-0.05, 0) is 42.5 Å². The smallest absolute Gasteiger partial charge is 0.321 e. The molecule has 3 aromatic carbocycles. The van der Waals surface area contributed by atoms with Gasteiger partial charge in [0, 0.05) is 11.1 Å². The molecule has 0 saturated carbocycles. The molecule has 0 bridgehead atoms. The summed E-state index contributed by atoms with van der Waals surface area (Å²) in [5.74, 6) is -0.403. The maximum atomic E-state index is 13.4. The minimum absolute atomic E-state index is 0.184. The molecule has 0 radical (unpaired) electrons. The number of amides is 1. The molecule has 162 valence electrons. The maximum Gasteiger partial charge on any atom is 0.435 e. The molecular formula is C23H14Cl2F3N3O. The van der Waals surface area contributed by atoms with Gasteiger partial charge in [0.25, 0.3) is 5.91 Å². The lowest BCUT2D eigenvalue weighted by atomic mass is 10.1. The van der Waals surface area contributed by atoms with Gasteiger partial charge < -0.3 is 5.32 Å². The summed E-state index contributed by atoms with van der Waals surface area (Å²) in [7, 11) is 0. The van der Waals surface area contributed by atoms with Crippen LogP contribution in [0, 0.1) is 0 Å². The van der Waals surface area contributed by atoms with Crippen LogP contribution in [0.2, 0.25) is 10.0 Å². The van der Waals surface area contributed by atoms with E-state index < -0.39 is 17.8 Å². The van der Waals surface area contributed by atoms with Crippen molar-refractivity contribution in [3.05, 3.63) is 100 Å². The second kappa shape index (κ2) is 8.68. The predicted molar refractivity (Wildman–Crippen MR) is 118 cm³/mol. The van der Waals surface area contributed by atoms with Gasteiger partial charge in [-0.2, -0.15) is 18.3 Å². The highest BCUT2D eigenvalue weighted by Crippen LogP contribution is 2.34. The van der Waals surface area contributed by atoms with Gasteiger partial charge in [0.2, 0.25) is 0 Å². The summed E-state index contributed by atoms with van der Waals surface area (Å²) in [6.07, 6.45) is -4.63. The van der Waals surface area contributed by atoms with E-state index >= 15 is 0 Å². The summed E-state index contributed by atoms with van der Waals surface area (Å²) in [5.41, 5.74) is 0.641. The summed E-state index contributed by atoms with van der Waals surface area (Å²) in [5, 5.41) is 7.07. The zero-order valence-corrected chi connectivity index (χ0v) is 17.7. The summed E-state index contributed by atoms with van der Waals surface area (Å²) in [6, 6.07) is 20.3. The normalized spacial score (nSPS) is 11.4. The molecule has 1 amide bonds. The molecule has 0 saturated heterocycles. The van der Waals surface area contributed by atoms with Crippen LogP contribution in [-0.4, -0.2) is 15.7 Å². The molecular weight excluding hydrogens is 462 g/mol. The van der Waals surface area contributed by atoms with Crippen LogP contribution in [-0.2, 0) is 6.18 Å². The van der Waals surface area contributed by atoms with E-state index in [4.69, 9.17) is 23.2 Å². The summed E-state index contributed by atoms with van der Waals surface area (Å²) in [6.45, 7) is 0. The predicted octanol–water partition coefficient (Wildman–Crippen LogP) is 7.12. The van der Waals surface area contributed by atoms with Crippen molar-refractivity contribution in [2.75, 3.05) is 5.32 Å². The Morgan fingerprint density at radius 2 is 1.50 bits per heavy atom. The Bertz CT molecular complexity index is 1280. The van der Waals surface area contributed by atoms with E-state index in [-0.39, 0.29) is 10.7 Å². The van der Waals surface area contributed by atoms with E-state index in [0.717, 1.165) is 10.7 Å². The van der Waals surface area contributed by atoms with Gasteiger partial charge in [0.1, 0.15) is 0 Å². The molecule has 9 heteroatoms. The fraction of sp³-hybridized carbons (Fsp3) is 0.0435. The van der Waals surface area contributed by atoms with Crippen LogP contribution in [0.15, 0.2) is 78.9 Å². The highest BCUT2D eigenvalue weighted by atomic mass is 35.5. The molecule has 0 atom stereocenters. The second-order valence-electron chi connectivity index (χ2n) is 6.79. The highest BCUT2D eigenvalue weighted by molar-refractivity contribution is 6.34. The molecule has 0 fully saturated rings. The first kappa shape index (κ1) is 21.9. The lowest BCUT2D eigenvalue weighted by Crippen LogP contribution is -2.12. The maximum absolute atomic E-state index is 13.4. The van der Waals surface area contributed by atoms with Crippen LogP contribution < -0.4 is 5.32 Å².